The van der Waals surface area contributed by atoms with Crippen molar-refractivity contribution in [3.8, 4) is 0 Å². The van der Waals surface area contributed by atoms with Crippen molar-refractivity contribution in [1.29, 1.82) is 0 Å². The summed E-state index contributed by atoms with van der Waals surface area (Å²) in [5.74, 6) is -0.936. The third kappa shape index (κ3) is 2.73. The van der Waals surface area contributed by atoms with Gasteiger partial charge in [-0.2, -0.15) is 5.10 Å². The van der Waals surface area contributed by atoms with Crippen LogP contribution in [0.25, 0.3) is 0 Å². The van der Waals surface area contributed by atoms with Gasteiger partial charge in [0.2, 0.25) is 0 Å². The van der Waals surface area contributed by atoms with E-state index < -0.39 is 5.97 Å². The van der Waals surface area contributed by atoms with Crippen LogP contribution in [0.2, 0.25) is 0 Å². The Kier molecular flexibility index (Phi) is 3.80. The van der Waals surface area contributed by atoms with Gasteiger partial charge in [-0.25, -0.2) is 4.79 Å². The summed E-state index contributed by atoms with van der Waals surface area (Å²) in [6.07, 6.45) is 3.69. The molecule has 19 heavy (non-hydrogen) atoms. The molecular weight excluding hydrogens is 262 g/mol. The molecule has 0 aliphatic heterocycles. The lowest BCUT2D eigenvalue weighted by Gasteiger charge is -2.11. The number of nitrogens with one attached hydrogen (secondary N) is 1. The first-order chi connectivity index (χ1) is 9.02. The van der Waals surface area contributed by atoms with Gasteiger partial charge in [0.15, 0.2) is 0 Å². The quantitative estimate of drug-likeness (QED) is 0.841. The predicted octanol–water partition coefficient (Wildman–Crippen LogP) is 2.89. The van der Waals surface area contributed by atoms with Crippen LogP contribution >= 0.6 is 11.8 Å². The maximum absolute atomic E-state index is 11.4. The number of anilines is 2. The van der Waals surface area contributed by atoms with Gasteiger partial charge < -0.3 is 10.4 Å². The molecule has 2 rings (SSSR count). The molecule has 0 aliphatic rings. The summed E-state index contributed by atoms with van der Waals surface area (Å²) >= 11 is 1.42. The van der Waals surface area contributed by atoms with Crippen LogP contribution < -0.4 is 5.32 Å². The fourth-order valence-corrected chi connectivity index (χ4v) is 2.51. The number of hydrogen-bond donors (Lipinski definition) is 2. The van der Waals surface area contributed by atoms with E-state index in [0.717, 1.165) is 16.3 Å². The van der Waals surface area contributed by atoms with Crippen molar-refractivity contribution in [1.82, 2.24) is 9.78 Å². The summed E-state index contributed by atoms with van der Waals surface area (Å²) in [5.41, 5.74) is 2.50. The number of aromatic nitrogens is 2. The standard InChI is InChI=1S/C13H15N3O2S/c1-8-10(7-16(2)15-8)14-9-5-4-6-11(19-3)12(9)13(17)18/h4-7,14H,1-3H3,(H,17,18). The smallest absolute Gasteiger partial charge is 0.338 e. The minimum absolute atomic E-state index is 0.290. The van der Waals surface area contributed by atoms with E-state index in [9.17, 15) is 9.90 Å². The number of thioether (sulfide) groups is 1. The van der Waals surface area contributed by atoms with Gasteiger partial charge >= 0.3 is 5.97 Å². The van der Waals surface area contributed by atoms with E-state index in [1.165, 1.54) is 11.8 Å². The molecule has 0 aliphatic carbocycles. The first-order valence-electron chi connectivity index (χ1n) is 5.70. The summed E-state index contributed by atoms with van der Waals surface area (Å²) in [7, 11) is 1.83. The number of carboxylic acid groups (broad SMARTS) is 1. The number of carbonyl (C=O) groups is 1. The highest BCUT2D eigenvalue weighted by atomic mass is 32.2. The summed E-state index contributed by atoms with van der Waals surface area (Å²) in [5, 5.41) is 16.7. The van der Waals surface area contributed by atoms with Gasteiger partial charge in [0.1, 0.15) is 0 Å². The SMILES string of the molecule is CSc1cccc(Nc2cn(C)nc2C)c1C(=O)O. The Morgan fingerprint density at radius 2 is 2.16 bits per heavy atom. The molecule has 0 spiro atoms. The molecular formula is C13H15N3O2S. The highest BCUT2D eigenvalue weighted by molar-refractivity contribution is 7.98. The van der Waals surface area contributed by atoms with Gasteiger partial charge in [0.25, 0.3) is 0 Å². The molecule has 2 N–H and O–H groups in total. The highest BCUT2D eigenvalue weighted by Gasteiger charge is 2.16. The summed E-state index contributed by atoms with van der Waals surface area (Å²) in [4.78, 5) is 12.1. The molecule has 0 radical (unpaired) electrons. The Balaban J connectivity index is 2.45. The molecule has 100 valence electrons. The van der Waals surface area contributed by atoms with Crippen LogP contribution in [-0.2, 0) is 7.05 Å². The zero-order chi connectivity index (χ0) is 14.0. The van der Waals surface area contributed by atoms with Gasteiger partial charge in [-0.15, -0.1) is 11.8 Å². The Labute approximate surface area is 115 Å². The zero-order valence-corrected chi connectivity index (χ0v) is 11.8. The van der Waals surface area contributed by atoms with Gasteiger partial charge in [-0.3, -0.25) is 4.68 Å². The third-order valence-corrected chi connectivity index (χ3v) is 3.52. The summed E-state index contributed by atoms with van der Waals surface area (Å²) < 4.78 is 1.69. The minimum Gasteiger partial charge on any atom is -0.478 e. The van der Waals surface area contributed by atoms with Crippen molar-refractivity contribution in [2.24, 2.45) is 7.05 Å². The van der Waals surface area contributed by atoms with E-state index in [-0.39, 0.29) is 0 Å². The van der Waals surface area contributed by atoms with E-state index >= 15 is 0 Å². The number of nitrogens with zero attached hydrogens (tertiary/aromatic N) is 2. The van der Waals surface area contributed by atoms with Gasteiger partial charge in [-0.05, 0) is 25.3 Å². The molecule has 1 aromatic heterocycles. The molecule has 0 fully saturated rings. The number of carboxylic acids is 1. The molecule has 5 nitrogen and oxygen atoms in total. The van der Waals surface area contributed by atoms with Crippen molar-refractivity contribution in [3.63, 3.8) is 0 Å². The van der Waals surface area contributed by atoms with Crippen LogP contribution in [0.4, 0.5) is 11.4 Å². The first-order valence-corrected chi connectivity index (χ1v) is 6.93. The van der Waals surface area contributed by atoms with Gasteiger partial charge in [-0.1, -0.05) is 6.07 Å². The number of aryl methyl sites for hydroxylation is 2. The second kappa shape index (κ2) is 5.36. The normalized spacial score (nSPS) is 10.5. The third-order valence-electron chi connectivity index (χ3n) is 2.74. The Morgan fingerprint density at radius 3 is 2.68 bits per heavy atom. The lowest BCUT2D eigenvalue weighted by atomic mass is 10.1. The maximum atomic E-state index is 11.4. The van der Waals surface area contributed by atoms with E-state index in [4.69, 9.17) is 0 Å². The zero-order valence-electron chi connectivity index (χ0n) is 11.0. The molecule has 0 saturated carbocycles. The fourth-order valence-electron chi connectivity index (χ4n) is 1.89. The largest absolute Gasteiger partial charge is 0.478 e. The van der Waals surface area contributed by atoms with Crippen LogP contribution in [0, 0.1) is 6.92 Å². The van der Waals surface area contributed by atoms with Crippen LogP contribution in [0.5, 0.6) is 0 Å². The molecule has 0 saturated heterocycles. The topological polar surface area (TPSA) is 67.2 Å². The van der Waals surface area contributed by atoms with Crippen molar-refractivity contribution < 1.29 is 9.90 Å². The Hall–Kier alpha value is -1.95. The summed E-state index contributed by atoms with van der Waals surface area (Å²) in [6.45, 7) is 1.88. The van der Waals surface area contributed by atoms with Crippen LogP contribution in [0.1, 0.15) is 16.1 Å². The average molecular weight is 277 g/mol. The predicted molar refractivity (Wildman–Crippen MR) is 76.4 cm³/mol. The number of hydrogen-bond acceptors (Lipinski definition) is 4. The second-order valence-corrected chi connectivity index (χ2v) is 4.96. The molecule has 1 heterocycles. The van der Waals surface area contributed by atoms with E-state index in [0.29, 0.717) is 11.3 Å². The fraction of sp³-hybridized carbons (Fsp3) is 0.231. The van der Waals surface area contributed by atoms with Gasteiger partial charge in [0, 0.05) is 18.1 Å². The summed E-state index contributed by atoms with van der Waals surface area (Å²) in [6, 6.07) is 5.40. The number of benzene rings is 1. The van der Waals surface area contributed by atoms with Crippen molar-refractivity contribution >= 4 is 29.1 Å². The van der Waals surface area contributed by atoms with Crippen molar-refractivity contribution in [3.05, 3.63) is 35.7 Å². The monoisotopic (exact) mass is 277 g/mol. The Bertz CT molecular complexity index is 622. The van der Waals surface area contributed by atoms with E-state index in [2.05, 4.69) is 10.4 Å². The first kappa shape index (κ1) is 13.5. The van der Waals surface area contributed by atoms with Crippen LogP contribution in [-0.4, -0.2) is 27.1 Å². The molecule has 0 unspecified atom stereocenters. The lowest BCUT2D eigenvalue weighted by Crippen LogP contribution is -2.04. The van der Waals surface area contributed by atoms with E-state index in [1.54, 1.807) is 16.8 Å². The molecule has 1 aromatic carbocycles. The van der Waals surface area contributed by atoms with E-state index in [1.807, 2.05) is 32.5 Å². The molecule has 0 atom stereocenters. The van der Waals surface area contributed by atoms with Crippen LogP contribution in [0.15, 0.2) is 29.3 Å². The average Bonchev–Trinajstić information content (AvgIpc) is 2.67. The lowest BCUT2D eigenvalue weighted by molar-refractivity contribution is 0.0694. The molecule has 2 aromatic rings. The minimum atomic E-state index is -0.936. The number of rotatable bonds is 4. The van der Waals surface area contributed by atoms with Crippen molar-refractivity contribution in [2.75, 3.05) is 11.6 Å². The number of aromatic carboxylic acids is 1. The Morgan fingerprint density at radius 1 is 1.42 bits per heavy atom. The second-order valence-electron chi connectivity index (χ2n) is 4.11. The molecule has 0 amide bonds. The van der Waals surface area contributed by atoms with Crippen molar-refractivity contribution in [2.45, 2.75) is 11.8 Å². The van der Waals surface area contributed by atoms with Gasteiger partial charge in [0.05, 0.1) is 22.6 Å². The maximum Gasteiger partial charge on any atom is 0.338 e. The molecule has 6 heteroatoms. The highest BCUT2D eigenvalue weighted by Crippen LogP contribution is 2.30. The molecule has 0 bridgehead atoms. The van der Waals surface area contributed by atoms with Crippen LogP contribution in [0.3, 0.4) is 0 Å².